The minimum atomic E-state index is -0.496. The van der Waals surface area contributed by atoms with Crippen molar-refractivity contribution >= 4 is 11.6 Å². The number of halogens is 2. The van der Waals surface area contributed by atoms with Crippen LogP contribution in [0.2, 0.25) is 5.02 Å². The van der Waals surface area contributed by atoms with Crippen LogP contribution in [0.15, 0.2) is 18.2 Å². The zero-order valence-corrected chi connectivity index (χ0v) is 9.58. The smallest absolute Gasteiger partial charge is 0.130 e. The Morgan fingerprint density at radius 3 is 2.81 bits per heavy atom. The number of hydrogen-bond donors (Lipinski definition) is 2. The lowest BCUT2D eigenvalue weighted by atomic mass is 10.1. The Morgan fingerprint density at radius 2 is 2.25 bits per heavy atom. The molecule has 1 aromatic carbocycles. The monoisotopic (exact) mass is 247 g/mol. The molecule has 0 radical (unpaired) electrons. The van der Waals surface area contributed by atoms with E-state index in [0.717, 1.165) is 0 Å². The third-order valence-electron chi connectivity index (χ3n) is 2.14. The lowest BCUT2D eigenvalue weighted by Crippen LogP contribution is -2.18. The van der Waals surface area contributed by atoms with Gasteiger partial charge >= 0.3 is 0 Å². The van der Waals surface area contributed by atoms with Crippen LogP contribution in [-0.4, -0.2) is 24.9 Å². The summed E-state index contributed by atoms with van der Waals surface area (Å²) in [5, 5.41) is 8.95. The normalized spacial score (nSPS) is 12.8. The van der Waals surface area contributed by atoms with Gasteiger partial charge in [0.15, 0.2) is 0 Å². The third-order valence-corrected chi connectivity index (χ3v) is 2.38. The van der Waals surface area contributed by atoms with Crippen LogP contribution < -0.4 is 5.73 Å². The molecule has 0 heterocycles. The third kappa shape index (κ3) is 3.72. The van der Waals surface area contributed by atoms with Crippen LogP contribution in [0.25, 0.3) is 0 Å². The molecule has 0 fully saturated rings. The summed E-state index contributed by atoms with van der Waals surface area (Å²) in [4.78, 5) is 0. The Balaban J connectivity index is 2.70. The highest BCUT2D eigenvalue weighted by Crippen LogP contribution is 2.22. The lowest BCUT2D eigenvalue weighted by Gasteiger charge is -2.16. The molecule has 0 amide bonds. The van der Waals surface area contributed by atoms with E-state index in [0.29, 0.717) is 23.6 Å². The molecule has 0 saturated heterocycles. The van der Waals surface area contributed by atoms with Crippen molar-refractivity contribution in [3.05, 3.63) is 34.6 Å². The molecule has 90 valence electrons. The highest BCUT2D eigenvalue weighted by Gasteiger charge is 2.14. The molecule has 3 nitrogen and oxygen atoms in total. The van der Waals surface area contributed by atoms with Gasteiger partial charge in [-0.25, -0.2) is 4.39 Å². The maximum Gasteiger partial charge on any atom is 0.130 e. The van der Waals surface area contributed by atoms with Crippen LogP contribution >= 0.6 is 11.6 Å². The zero-order chi connectivity index (χ0) is 12.0. The molecule has 0 aliphatic carbocycles. The number of aliphatic hydroxyl groups is 1. The molecule has 1 unspecified atom stereocenters. The Bertz CT molecular complexity index is 336. The van der Waals surface area contributed by atoms with E-state index in [1.54, 1.807) is 12.1 Å². The largest absolute Gasteiger partial charge is 0.396 e. The van der Waals surface area contributed by atoms with Gasteiger partial charge in [-0.05, 0) is 18.6 Å². The van der Waals surface area contributed by atoms with E-state index >= 15 is 0 Å². The highest BCUT2D eigenvalue weighted by molar-refractivity contribution is 6.30. The quantitative estimate of drug-likeness (QED) is 0.755. The highest BCUT2D eigenvalue weighted by atomic mass is 35.5. The topological polar surface area (TPSA) is 55.5 Å². The Labute approximate surface area is 99.0 Å². The summed E-state index contributed by atoms with van der Waals surface area (Å²) in [5.74, 6) is -0.424. The number of rotatable bonds is 6. The molecule has 0 aliphatic rings. The number of nitrogens with two attached hydrogens (primary N) is 1. The SMILES string of the molecule is NCC(OCCCO)c1ccc(Cl)cc1F. The Kier molecular flexibility index (Phi) is 5.69. The van der Waals surface area contributed by atoms with Crippen molar-refractivity contribution in [3.63, 3.8) is 0 Å². The molecule has 0 saturated carbocycles. The number of benzene rings is 1. The van der Waals surface area contributed by atoms with E-state index in [2.05, 4.69) is 0 Å². The molecular formula is C11H15ClFNO2. The van der Waals surface area contributed by atoms with Gasteiger partial charge in [0.25, 0.3) is 0 Å². The number of ether oxygens (including phenoxy) is 1. The van der Waals surface area contributed by atoms with Crippen LogP contribution in [0, 0.1) is 5.82 Å². The van der Waals surface area contributed by atoms with Crippen molar-refractivity contribution < 1.29 is 14.2 Å². The summed E-state index contributed by atoms with van der Waals surface area (Å²) in [6.45, 7) is 0.574. The van der Waals surface area contributed by atoms with Gasteiger partial charge in [-0.3, -0.25) is 0 Å². The maximum atomic E-state index is 13.5. The molecule has 0 spiro atoms. The van der Waals surface area contributed by atoms with Gasteiger partial charge in [0.2, 0.25) is 0 Å². The van der Waals surface area contributed by atoms with Crippen LogP contribution in [0.1, 0.15) is 18.1 Å². The fourth-order valence-corrected chi connectivity index (χ4v) is 1.50. The Morgan fingerprint density at radius 1 is 1.50 bits per heavy atom. The van der Waals surface area contributed by atoms with Crippen LogP contribution in [0.3, 0.4) is 0 Å². The van der Waals surface area contributed by atoms with E-state index in [1.807, 2.05) is 0 Å². The van der Waals surface area contributed by atoms with Crippen LogP contribution in [-0.2, 0) is 4.74 Å². The average molecular weight is 248 g/mol. The summed E-state index contributed by atoms with van der Waals surface area (Å²) in [7, 11) is 0. The fraction of sp³-hybridized carbons (Fsp3) is 0.455. The molecule has 5 heteroatoms. The predicted molar refractivity (Wildman–Crippen MR) is 60.9 cm³/mol. The van der Waals surface area contributed by atoms with Gasteiger partial charge in [0.05, 0.1) is 6.10 Å². The first-order valence-corrected chi connectivity index (χ1v) is 5.44. The van der Waals surface area contributed by atoms with E-state index in [4.69, 9.17) is 27.2 Å². The second kappa shape index (κ2) is 6.81. The molecule has 1 aromatic rings. The van der Waals surface area contributed by atoms with E-state index < -0.39 is 11.9 Å². The summed E-state index contributed by atoms with van der Waals surface area (Å²) in [6.07, 6.45) is 0.00920. The van der Waals surface area contributed by atoms with E-state index in [1.165, 1.54) is 6.07 Å². The van der Waals surface area contributed by atoms with Crippen molar-refractivity contribution in [2.45, 2.75) is 12.5 Å². The first kappa shape index (κ1) is 13.4. The Hall–Kier alpha value is -0.680. The number of hydrogen-bond acceptors (Lipinski definition) is 3. The van der Waals surface area contributed by atoms with Gasteiger partial charge in [-0.15, -0.1) is 0 Å². The standard InChI is InChI=1S/C11H15ClFNO2/c12-8-2-3-9(10(13)6-8)11(7-14)16-5-1-4-15/h2-3,6,11,15H,1,4-5,7,14H2. The van der Waals surface area contributed by atoms with Crippen molar-refractivity contribution in [1.82, 2.24) is 0 Å². The molecule has 0 aliphatic heterocycles. The van der Waals surface area contributed by atoms with Crippen molar-refractivity contribution in [3.8, 4) is 0 Å². The molecule has 16 heavy (non-hydrogen) atoms. The average Bonchev–Trinajstić information content (AvgIpc) is 2.26. The first-order valence-electron chi connectivity index (χ1n) is 5.06. The molecule has 0 aromatic heterocycles. The predicted octanol–water partition coefficient (Wildman–Crippen LogP) is 1.88. The maximum absolute atomic E-state index is 13.5. The fourth-order valence-electron chi connectivity index (χ4n) is 1.34. The minimum absolute atomic E-state index is 0.0421. The first-order chi connectivity index (χ1) is 7.69. The van der Waals surface area contributed by atoms with Crippen LogP contribution in [0.5, 0.6) is 0 Å². The summed E-state index contributed by atoms with van der Waals surface area (Å²) < 4.78 is 18.9. The van der Waals surface area contributed by atoms with Gasteiger partial charge in [0, 0.05) is 30.3 Å². The lowest BCUT2D eigenvalue weighted by molar-refractivity contribution is 0.0467. The minimum Gasteiger partial charge on any atom is -0.396 e. The zero-order valence-electron chi connectivity index (χ0n) is 8.83. The van der Waals surface area contributed by atoms with Crippen molar-refractivity contribution in [1.29, 1.82) is 0 Å². The molecule has 3 N–H and O–H groups in total. The second-order valence-electron chi connectivity index (χ2n) is 3.34. The molecule has 1 atom stereocenters. The number of aliphatic hydroxyl groups excluding tert-OH is 1. The molecule has 0 bridgehead atoms. The summed E-state index contributed by atoms with van der Waals surface area (Å²) >= 11 is 5.65. The van der Waals surface area contributed by atoms with Gasteiger partial charge in [-0.1, -0.05) is 17.7 Å². The van der Waals surface area contributed by atoms with Gasteiger partial charge < -0.3 is 15.6 Å². The van der Waals surface area contributed by atoms with E-state index in [-0.39, 0.29) is 13.2 Å². The molecule has 1 rings (SSSR count). The van der Waals surface area contributed by atoms with Gasteiger partial charge in [0.1, 0.15) is 5.82 Å². The molecular weight excluding hydrogens is 233 g/mol. The summed E-state index contributed by atoms with van der Waals surface area (Å²) in [5.41, 5.74) is 5.90. The van der Waals surface area contributed by atoms with Crippen LogP contribution in [0.4, 0.5) is 4.39 Å². The summed E-state index contributed by atoms with van der Waals surface area (Å²) in [6, 6.07) is 4.39. The van der Waals surface area contributed by atoms with Crippen molar-refractivity contribution in [2.24, 2.45) is 5.73 Å². The van der Waals surface area contributed by atoms with E-state index in [9.17, 15) is 4.39 Å². The second-order valence-corrected chi connectivity index (χ2v) is 3.77. The van der Waals surface area contributed by atoms with Gasteiger partial charge in [-0.2, -0.15) is 0 Å². The van der Waals surface area contributed by atoms with Crippen molar-refractivity contribution in [2.75, 3.05) is 19.8 Å².